The van der Waals surface area contributed by atoms with Crippen molar-refractivity contribution < 1.29 is 0 Å². The van der Waals surface area contributed by atoms with Gasteiger partial charge in [-0.1, -0.05) is 0 Å². The second kappa shape index (κ2) is 9.16. The molecule has 0 saturated carbocycles. The van der Waals surface area contributed by atoms with Crippen molar-refractivity contribution in [2.75, 3.05) is 19.5 Å². The standard InChI is InChI=1S/C29H47P/c1-14-30(12,13)29-23(11)21(9)20(8)22(10)27(29)28-25(18(4)5)15-24(17(2)3)16-26(28)19(6)7/h15-19,30H,14H2,1-13H3. The van der Waals surface area contributed by atoms with Crippen molar-refractivity contribution >= 4 is 12.6 Å². The molecule has 1 heteroatoms. The molecule has 2 aromatic carbocycles. The molecule has 0 fully saturated rings. The summed E-state index contributed by atoms with van der Waals surface area (Å²) in [4.78, 5) is 0. The van der Waals surface area contributed by atoms with E-state index in [-0.39, 0.29) is 0 Å². The molecule has 0 saturated heterocycles. The minimum atomic E-state index is -1.56. The van der Waals surface area contributed by atoms with Crippen molar-refractivity contribution in [3.8, 4) is 11.1 Å². The van der Waals surface area contributed by atoms with Crippen molar-refractivity contribution in [2.24, 2.45) is 0 Å². The van der Waals surface area contributed by atoms with Crippen LogP contribution in [-0.2, 0) is 0 Å². The predicted octanol–water partition coefficient (Wildman–Crippen LogP) is 8.61. The van der Waals surface area contributed by atoms with Gasteiger partial charge in [0.25, 0.3) is 0 Å². The first-order chi connectivity index (χ1) is 13.8. The summed E-state index contributed by atoms with van der Waals surface area (Å²) in [7, 11) is -1.56. The summed E-state index contributed by atoms with van der Waals surface area (Å²) in [5.74, 6) is 1.58. The number of rotatable bonds is 6. The van der Waals surface area contributed by atoms with Gasteiger partial charge in [0.2, 0.25) is 0 Å². The summed E-state index contributed by atoms with van der Waals surface area (Å²) < 4.78 is 0. The van der Waals surface area contributed by atoms with Gasteiger partial charge in [-0.25, -0.2) is 0 Å². The summed E-state index contributed by atoms with van der Waals surface area (Å²) in [6, 6.07) is 5.04. The Bertz CT molecular complexity index is 897. The van der Waals surface area contributed by atoms with E-state index in [0.717, 1.165) is 0 Å². The third-order valence-corrected chi connectivity index (χ3v) is 11.4. The van der Waals surface area contributed by atoms with Gasteiger partial charge in [0.1, 0.15) is 0 Å². The predicted molar refractivity (Wildman–Crippen MR) is 143 cm³/mol. The molecule has 2 rings (SSSR count). The molecule has 0 aliphatic heterocycles. The molecule has 0 bridgehead atoms. The third kappa shape index (κ3) is 4.41. The van der Waals surface area contributed by atoms with E-state index >= 15 is 0 Å². The SMILES string of the molecule is CC[PH](C)(C)c1c(C)c(C)c(C)c(C)c1-c1c(C(C)C)cc(C(C)C)cc1C(C)C. The van der Waals surface area contributed by atoms with Gasteiger partial charge < -0.3 is 0 Å². The summed E-state index contributed by atoms with van der Waals surface area (Å²) >= 11 is 0. The second-order valence-electron chi connectivity index (χ2n) is 11.0. The molecule has 0 aliphatic carbocycles. The molecule has 2 aromatic rings. The van der Waals surface area contributed by atoms with Crippen LogP contribution in [0.1, 0.15) is 105 Å². The Morgan fingerprint density at radius 3 is 1.43 bits per heavy atom. The first-order valence-electron chi connectivity index (χ1n) is 12.0. The van der Waals surface area contributed by atoms with Crippen LogP contribution in [0.2, 0.25) is 0 Å². The van der Waals surface area contributed by atoms with Crippen LogP contribution in [0, 0.1) is 27.7 Å². The molecule has 30 heavy (non-hydrogen) atoms. The topological polar surface area (TPSA) is 0 Å². The van der Waals surface area contributed by atoms with Crippen LogP contribution >= 0.6 is 7.26 Å². The molecule has 0 nitrogen and oxygen atoms in total. The third-order valence-electron chi connectivity index (χ3n) is 7.63. The zero-order chi connectivity index (χ0) is 23.1. The van der Waals surface area contributed by atoms with E-state index in [1.54, 1.807) is 22.0 Å². The molecule has 0 unspecified atom stereocenters. The molecule has 0 aromatic heterocycles. The Labute approximate surface area is 188 Å². The maximum atomic E-state index is 2.57. The van der Waals surface area contributed by atoms with Crippen LogP contribution in [0.5, 0.6) is 0 Å². The van der Waals surface area contributed by atoms with Gasteiger partial charge in [-0.3, -0.25) is 0 Å². The number of benzene rings is 2. The van der Waals surface area contributed by atoms with Gasteiger partial charge in [-0.15, -0.1) is 0 Å². The van der Waals surface area contributed by atoms with Crippen molar-refractivity contribution in [3.05, 3.63) is 51.1 Å². The number of hydrogen-bond donors (Lipinski definition) is 0. The normalized spacial score (nSPS) is 13.1. The summed E-state index contributed by atoms with van der Waals surface area (Å²) in [6.07, 6.45) is 1.28. The monoisotopic (exact) mass is 426 g/mol. The van der Waals surface area contributed by atoms with E-state index in [2.05, 4.69) is 102 Å². The number of hydrogen-bond acceptors (Lipinski definition) is 0. The summed E-state index contributed by atoms with van der Waals surface area (Å²) in [5.41, 5.74) is 13.7. The summed E-state index contributed by atoms with van der Waals surface area (Å²) in [6.45, 7) is 31.1. The Morgan fingerprint density at radius 2 is 1.07 bits per heavy atom. The van der Waals surface area contributed by atoms with Crippen LogP contribution in [0.3, 0.4) is 0 Å². The van der Waals surface area contributed by atoms with Crippen LogP contribution < -0.4 is 5.30 Å². The zero-order valence-corrected chi connectivity index (χ0v) is 23.1. The molecule has 0 radical (unpaired) electrons. The molecular formula is C29H47P. The van der Waals surface area contributed by atoms with Gasteiger partial charge in [-0.05, 0) is 0 Å². The first kappa shape index (κ1) is 25.1. The van der Waals surface area contributed by atoms with E-state index < -0.39 is 7.26 Å². The Hall–Kier alpha value is -1.13. The fraction of sp³-hybridized carbons (Fsp3) is 0.586. The van der Waals surface area contributed by atoms with Crippen molar-refractivity contribution in [2.45, 2.75) is 93.9 Å². The van der Waals surface area contributed by atoms with Crippen LogP contribution in [0.25, 0.3) is 11.1 Å². The van der Waals surface area contributed by atoms with E-state index in [1.807, 2.05) is 0 Å². The molecule has 168 valence electrons. The quantitative estimate of drug-likeness (QED) is 0.406. The van der Waals surface area contributed by atoms with Gasteiger partial charge in [0.05, 0.1) is 0 Å². The van der Waals surface area contributed by atoms with E-state index in [1.165, 1.54) is 39.5 Å². The van der Waals surface area contributed by atoms with Crippen molar-refractivity contribution in [3.63, 3.8) is 0 Å². The minimum absolute atomic E-state index is 0.511. The van der Waals surface area contributed by atoms with Crippen LogP contribution in [0.4, 0.5) is 0 Å². The van der Waals surface area contributed by atoms with Gasteiger partial charge in [-0.2, -0.15) is 0 Å². The van der Waals surface area contributed by atoms with E-state index in [4.69, 9.17) is 0 Å². The van der Waals surface area contributed by atoms with Crippen LogP contribution in [-0.4, -0.2) is 19.5 Å². The average Bonchev–Trinajstić information content (AvgIpc) is 2.67. The van der Waals surface area contributed by atoms with Gasteiger partial charge in [0, 0.05) is 0 Å². The van der Waals surface area contributed by atoms with E-state index in [9.17, 15) is 0 Å². The average molecular weight is 427 g/mol. The molecular weight excluding hydrogens is 379 g/mol. The molecule has 0 amide bonds. The van der Waals surface area contributed by atoms with Gasteiger partial charge in [0.15, 0.2) is 0 Å². The second-order valence-corrected chi connectivity index (χ2v) is 16.0. The zero-order valence-electron chi connectivity index (χ0n) is 22.1. The van der Waals surface area contributed by atoms with Gasteiger partial charge >= 0.3 is 188 Å². The summed E-state index contributed by atoms with van der Waals surface area (Å²) in [5, 5.41) is 1.70. The maximum absolute atomic E-state index is 2.57. The van der Waals surface area contributed by atoms with Crippen LogP contribution in [0.15, 0.2) is 12.1 Å². The molecule has 0 N–H and O–H groups in total. The molecule has 0 spiro atoms. The first-order valence-corrected chi connectivity index (χ1v) is 15.3. The Balaban J connectivity index is 3.18. The van der Waals surface area contributed by atoms with Crippen molar-refractivity contribution in [1.82, 2.24) is 0 Å². The molecule has 0 heterocycles. The van der Waals surface area contributed by atoms with Crippen molar-refractivity contribution in [1.29, 1.82) is 0 Å². The Morgan fingerprint density at radius 1 is 0.633 bits per heavy atom. The Kier molecular flexibility index (Phi) is 7.67. The fourth-order valence-corrected chi connectivity index (χ4v) is 7.44. The fourth-order valence-electron chi connectivity index (χ4n) is 4.89. The molecule has 0 atom stereocenters. The molecule has 0 aliphatic rings. The van der Waals surface area contributed by atoms with E-state index in [0.29, 0.717) is 17.8 Å².